The third-order valence-corrected chi connectivity index (χ3v) is 3.83. The lowest BCUT2D eigenvalue weighted by Crippen LogP contribution is -2.39. The molecule has 1 aromatic carbocycles. The number of guanidine groups is 1. The number of amides is 1. The molecule has 3 N–H and O–H groups in total. The minimum atomic E-state index is -0.0551. The van der Waals surface area contributed by atoms with Gasteiger partial charge in [-0.1, -0.05) is 31.5 Å². The van der Waals surface area contributed by atoms with E-state index in [4.69, 9.17) is 11.6 Å². The van der Waals surface area contributed by atoms with Crippen LogP contribution in [-0.2, 0) is 4.79 Å². The molecule has 1 amide bonds. The molecular formula is C17H27ClN4O. The van der Waals surface area contributed by atoms with Crippen molar-refractivity contribution in [1.82, 2.24) is 10.6 Å². The fraction of sp³-hybridized carbons (Fsp3) is 0.529. The number of nitrogens with zero attached hydrogens (tertiary/aromatic N) is 1. The van der Waals surface area contributed by atoms with E-state index in [2.05, 4.69) is 34.8 Å². The van der Waals surface area contributed by atoms with Crippen LogP contribution in [0.25, 0.3) is 0 Å². The molecule has 0 aliphatic carbocycles. The molecule has 1 rings (SSSR count). The minimum Gasteiger partial charge on any atom is -0.356 e. The zero-order chi connectivity index (χ0) is 17.2. The van der Waals surface area contributed by atoms with Crippen molar-refractivity contribution < 1.29 is 4.79 Å². The van der Waals surface area contributed by atoms with Crippen LogP contribution in [-0.4, -0.2) is 32.0 Å². The van der Waals surface area contributed by atoms with E-state index in [1.165, 1.54) is 0 Å². The van der Waals surface area contributed by atoms with E-state index in [-0.39, 0.29) is 5.91 Å². The second-order valence-corrected chi connectivity index (χ2v) is 6.23. The van der Waals surface area contributed by atoms with Gasteiger partial charge in [-0.15, -0.1) is 0 Å². The fourth-order valence-electron chi connectivity index (χ4n) is 1.95. The molecule has 6 heteroatoms. The topological polar surface area (TPSA) is 65.5 Å². The quantitative estimate of drug-likeness (QED) is 0.528. The van der Waals surface area contributed by atoms with Crippen molar-refractivity contribution in [2.75, 3.05) is 25.5 Å². The standard InChI is InChI=1S/C17H27ClN4O/c1-12(2)8-10-20-17(19-4)21-11-9-16(23)22-15-7-5-6-14(18)13(15)3/h5-7,12H,8-11H2,1-4H3,(H,22,23)(H2,19,20,21). The first-order valence-corrected chi connectivity index (χ1v) is 8.31. The lowest BCUT2D eigenvalue weighted by Gasteiger charge is -2.13. The highest BCUT2D eigenvalue weighted by Gasteiger charge is 2.07. The van der Waals surface area contributed by atoms with E-state index in [0.29, 0.717) is 23.9 Å². The molecule has 0 radical (unpaired) electrons. The molecule has 0 aliphatic rings. The van der Waals surface area contributed by atoms with Crippen LogP contribution >= 0.6 is 11.6 Å². The number of carbonyl (C=O) groups is 1. The largest absolute Gasteiger partial charge is 0.356 e. The monoisotopic (exact) mass is 338 g/mol. The molecule has 0 bridgehead atoms. The SMILES string of the molecule is CN=C(NCCC(=O)Nc1cccc(Cl)c1C)NCCC(C)C. The highest BCUT2D eigenvalue weighted by atomic mass is 35.5. The van der Waals surface area contributed by atoms with Gasteiger partial charge in [0.05, 0.1) is 0 Å². The van der Waals surface area contributed by atoms with Crippen molar-refractivity contribution >= 4 is 29.2 Å². The number of hydrogen-bond acceptors (Lipinski definition) is 2. The Labute approximate surface area is 143 Å². The molecule has 0 saturated heterocycles. The number of hydrogen-bond donors (Lipinski definition) is 3. The van der Waals surface area contributed by atoms with Gasteiger partial charge in [-0.25, -0.2) is 0 Å². The maximum Gasteiger partial charge on any atom is 0.226 e. The van der Waals surface area contributed by atoms with Crippen LogP contribution in [0, 0.1) is 12.8 Å². The number of carbonyl (C=O) groups excluding carboxylic acids is 1. The third kappa shape index (κ3) is 7.37. The molecule has 0 aliphatic heterocycles. The Kier molecular flexibility index (Phi) is 8.48. The summed E-state index contributed by atoms with van der Waals surface area (Å²) in [6.07, 6.45) is 1.44. The molecule has 0 atom stereocenters. The van der Waals surface area contributed by atoms with E-state index < -0.39 is 0 Å². The Morgan fingerprint density at radius 2 is 1.96 bits per heavy atom. The first-order chi connectivity index (χ1) is 10.9. The van der Waals surface area contributed by atoms with E-state index in [1.807, 2.05) is 19.1 Å². The smallest absolute Gasteiger partial charge is 0.226 e. The van der Waals surface area contributed by atoms with Crippen LogP contribution in [0.15, 0.2) is 23.2 Å². The third-order valence-electron chi connectivity index (χ3n) is 3.42. The second-order valence-electron chi connectivity index (χ2n) is 5.82. The number of halogens is 1. The molecule has 0 fully saturated rings. The molecule has 23 heavy (non-hydrogen) atoms. The minimum absolute atomic E-state index is 0.0551. The summed E-state index contributed by atoms with van der Waals surface area (Å²) < 4.78 is 0. The predicted molar refractivity (Wildman–Crippen MR) is 98.3 cm³/mol. The fourth-order valence-corrected chi connectivity index (χ4v) is 2.12. The average Bonchev–Trinajstić information content (AvgIpc) is 2.50. The van der Waals surface area contributed by atoms with Crippen LogP contribution in [0.2, 0.25) is 5.02 Å². The second kappa shape index (κ2) is 10.1. The summed E-state index contributed by atoms with van der Waals surface area (Å²) in [6, 6.07) is 5.48. The van der Waals surface area contributed by atoms with Gasteiger partial charge in [0.25, 0.3) is 0 Å². The normalized spacial score (nSPS) is 11.5. The highest BCUT2D eigenvalue weighted by Crippen LogP contribution is 2.22. The average molecular weight is 339 g/mol. The molecule has 0 heterocycles. The van der Waals surface area contributed by atoms with Gasteiger partial charge in [-0.3, -0.25) is 9.79 Å². The van der Waals surface area contributed by atoms with Crippen molar-refractivity contribution in [3.05, 3.63) is 28.8 Å². The molecule has 0 spiro atoms. The Bertz CT molecular complexity index is 543. The van der Waals surface area contributed by atoms with Gasteiger partial charge in [0.1, 0.15) is 0 Å². The summed E-state index contributed by atoms with van der Waals surface area (Å²) in [6.45, 7) is 7.63. The van der Waals surface area contributed by atoms with Crippen molar-refractivity contribution in [1.29, 1.82) is 0 Å². The molecule has 0 aromatic heterocycles. The lowest BCUT2D eigenvalue weighted by molar-refractivity contribution is -0.116. The van der Waals surface area contributed by atoms with Gasteiger partial charge < -0.3 is 16.0 Å². The predicted octanol–water partition coefficient (Wildman–Crippen LogP) is 3.19. The van der Waals surface area contributed by atoms with Gasteiger partial charge in [-0.05, 0) is 37.0 Å². The van der Waals surface area contributed by atoms with E-state index in [9.17, 15) is 4.79 Å². The van der Waals surface area contributed by atoms with Crippen LogP contribution in [0.5, 0.6) is 0 Å². The molecule has 0 unspecified atom stereocenters. The van der Waals surface area contributed by atoms with Gasteiger partial charge >= 0.3 is 0 Å². The number of anilines is 1. The van der Waals surface area contributed by atoms with E-state index in [0.717, 1.165) is 30.2 Å². The Balaban J connectivity index is 2.34. The Hall–Kier alpha value is -1.75. The summed E-state index contributed by atoms with van der Waals surface area (Å²) in [7, 11) is 1.72. The van der Waals surface area contributed by atoms with E-state index in [1.54, 1.807) is 13.1 Å². The zero-order valence-corrected chi connectivity index (χ0v) is 15.1. The maximum absolute atomic E-state index is 12.0. The van der Waals surface area contributed by atoms with Crippen LogP contribution in [0.3, 0.4) is 0 Å². The van der Waals surface area contributed by atoms with Gasteiger partial charge in [0.2, 0.25) is 5.91 Å². The first kappa shape index (κ1) is 19.3. The zero-order valence-electron chi connectivity index (χ0n) is 14.4. The molecular weight excluding hydrogens is 312 g/mol. The van der Waals surface area contributed by atoms with Crippen molar-refractivity contribution in [3.63, 3.8) is 0 Å². The van der Waals surface area contributed by atoms with Crippen LogP contribution < -0.4 is 16.0 Å². The summed E-state index contributed by atoms with van der Waals surface area (Å²) >= 11 is 6.04. The van der Waals surface area contributed by atoms with Gasteiger partial charge in [0, 0.05) is 37.3 Å². The molecule has 1 aromatic rings. The van der Waals surface area contributed by atoms with Gasteiger partial charge in [0.15, 0.2) is 5.96 Å². The summed E-state index contributed by atoms with van der Waals surface area (Å²) in [5, 5.41) is 9.89. The van der Waals surface area contributed by atoms with Crippen molar-refractivity contribution in [2.24, 2.45) is 10.9 Å². The summed E-state index contributed by atoms with van der Waals surface area (Å²) in [5.74, 6) is 1.31. The van der Waals surface area contributed by atoms with Crippen molar-refractivity contribution in [3.8, 4) is 0 Å². The lowest BCUT2D eigenvalue weighted by atomic mass is 10.1. The molecule has 5 nitrogen and oxygen atoms in total. The van der Waals surface area contributed by atoms with Crippen molar-refractivity contribution in [2.45, 2.75) is 33.6 Å². The molecule has 128 valence electrons. The Morgan fingerprint density at radius 1 is 1.26 bits per heavy atom. The number of rotatable bonds is 7. The van der Waals surface area contributed by atoms with Gasteiger partial charge in [-0.2, -0.15) is 0 Å². The maximum atomic E-state index is 12.0. The van der Waals surface area contributed by atoms with E-state index >= 15 is 0 Å². The number of nitrogens with one attached hydrogen (secondary N) is 3. The highest BCUT2D eigenvalue weighted by molar-refractivity contribution is 6.31. The first-order valence-electron chi connectivity index (χ1n) is 7.93. The summed E-state index contributed by atoms with van der Waals surface area (Å²) in [4.78, 5) is 16.1. The molecule has 0 saturated carbocycles. The summed E-state index contributed by atoms with van der Waals surface area (Å²) in [5.41, 5.74) is 1.63. The van der Waals surface area contributed by atoms with Crippen LogP contribution in [0.1, 0.15) is 32.3 Å². The number of benzene rings is 1. The number of aliphatic imine (C=N–C) groups is 1. The van der Waals surface area contributed by atoms with Crippen LogP contribution in [0.4, 0.5) is 5.69 Å². The Morgan fingerprint density at radius 3 is 2.61 bits per heavy atom.